The van der Waals surface area contributed by atoms with Gasteiger partial charge >= 0.3 is 0 Å². The highest BCUT2D eigenvalue weighted by Gasteiger charge is 2.28. The Bertz CT molecular complexity index is 244. The van der Waals surface area contributed by atoms with Gasteiger partial charge in [-0.3, -0.25) is 4.79 Å². The topological polar surface area (TPSA) is 26.3 Å². The van der Waals surface area contributed by atoms with Gasteiger partial charge in [-0.2, -0.15) is 0 Å². The summed E-state index contributed by atoms with van der Waals surface area (Å²) in [5.74, 6) is 1.04. The SMILES string of the molecule is CC1(C)CC(=O)C=C(OCCCBr)C1. The summed E-state index contributed by atoms with van der Waals surface area (Å²) >= 11 is 3.34. The van der Waals surface area contributed by atoms with Crippen molar-refractivity contribution in [3.63, 3.8) is 0 Å². The lowest BCUT2D eigenvalue weighted by Crippen LogP contribution is -2.22. The predicted molar refractivity (Wildman–Crippen MR) is 60.5 cm³/mol. The van der Waals surface area contributed by atoms with Gasteiger partial charge in [0.1, 0.15) is 5.76 Å². The standard InChI is InChI=1S/C11H17BrO2/c1-11(2)7-9(13)6-10(8-11)14-5-3-4-12/h6H,3-5,7-8H2,1-2H3. The zero-order valence-corrected chi connectivity index (χ0v) is 10.4. The quantitative estimate of drug-likeness (QED) is 0.574. The maximum atomic E-state index is 11.4. The average molecular weight is 261 g/mol. The first-order valence-corrected chi connectivity index (χ1v) is 6.08. The van der Waals surface area contributed by atoms with Crippen molar-refractivity contribution in [2.24, 2.45) is 5.41 Å². The van der Waals surface area contributed by atoms with Crippen molar-refractivity contribution in [1.29, 1.82) is 0 Å². The van der Waals surface area contributed by atoms with Crippen LogP contribution in [0.3, 0.4) is 0 Å². The molecule has 3 heteroatoms. The van der Waals surface area contributed by atoms with Gasteiger partial charge in [0.25, 0.3) is 0 Å². The van der Waals surface area contributed by atoms with Crippen molar-refractivity contribution in [2.45, 2.75) is 33.1 Å². The van der Waals surface area contributed by atoms with E-state index in [1.807, 2.05) is 0 Å². The third kappa shape index (κ3) is 3.82. The van der Waals surface area contributed by atoms with Gasteiger partial charge in [0, 0.05) is 24.2 Å². The summed E-state index contributed by atoms with van der Waals surface area (Å²) in [4.78, 5) is 11.4. The molecule has 0 heterocycles. The molecular formula is C11H17BrO2. The molecule has 0 N–H and O–H groups in total. The number of ether oxygens (including phenoxy) is 1. The van der Waals surface area contributed by atoms with E-state index in [0.29, 0.717) is 13.0 Å². The number of carbonyl (C=O) groups excluding carboxylic acids is 1. The Labute approximate surface area is 93.8 Å². The number of alkyl halides is 1. The van der Waals surface area contributed by atoms with Crippen LogP contribution < -0.4 is 0 Å². The fourth-order valence-electron chi connectivity index (χ4n) is 1.64. The summed E-state index contributed by atoms with van der Waals surface area (Å²) in [5.41, 5.74) is 0.0650. The Hall–Kier alpha value is -0.310. The smallest absolute Gasteiger partial charge is 0.159 e. The second-order valence-electron chi connectivity index (χ2n) is 4.49. The van der Waals surface area contributed by atoms with Crippen molar-refractivity contribution in [3.8, 4) is 0 Å². The van der Waals surface area contributed by atoms with Gasteiger partial charge in [-0.25, -0.2) is 0 Å². The van der Waals surface area contributed by atoms with Crippen LogP contribution in [0.4, 0.5) is 0 Å². The van der Waals surface area contributed by atoms with Crippen LogP contribution in [0.15, 0.2) is 11.8 Å². The first-order chi connectivity index (χ1) is 6.53. The Morgan fingerprint density at radius 2 is 2.21 bits per heavy atom. The average Bonchev–Trinajstić information content (AvgIpc) is 2.00. The third-order valence-corrected chi connectivity index (χ3v) is 2.75. The molecule has 1 aliphatic rings. The lowest BCUT2D eigenvalue weighted by molar-refractivity contribution is -0.117. The third-order valence-electron chi connectivity index (χ3n) is 2.19. The molecule has 0 bridgehead atoms. The molecule has 80 valence electrons. The largest absolute Gasteiger partial charge is 0.498 e. The molecule has 0 aromatic carbocycles. The number of carbonyl (C=O) groups is 1. The molecule has 0 aliphatic heterocycles. The van der Waals surface area contributed by atoms with Crippen LogP contribution in [0, 0.1) is 5.41 Å². The van der Waals surface area contributed by atoms with E-state index in [-0.39, 0.29) is 11.2 Å². The lowest BCUT2D eigenvalue weighted by Gasteiger charge is -2.28. The molecular weight excluding hydrogens is 244 g/mol. The summed E-state index contributed by atoms with van der Waals surface area (Å²) in [6.07, 6.45) is 4.14. The Kier molecular flexibility index (Phi) is 4.17. The zero-order valence-electron chi connectivity index (χ0n) is 8.81. The molecule has 0 amide bonds. The highest BCUT2D eigenvalue weighted by Crippen LogP contribution is 2.33. The number of halogens is 1. The van der Waals surface area contributed by atoms with E-state index in [0.717, 1.165) is 23.9 Å². The normalized spacial score (nSPS) is 20.5. The van der Waals surface area contributed by atoms with E-state index in [1.165, 1.54) is 0 Å². The highest BCUT2D eigenvalue weighted by atomic mass is 79.9. The van der Waals surface area contributed by atoms with Crippen LogP contribution in [0.25, 0.3) is 0 Å². The van der Waals surface area contributed by atoms with Crippen molar-refractivity contribution in [1.82, 2.24) is 0 Å². The van der Waals surface area contributed by atoms with Gasteiger partial charge in [-0.05, 0) is 11.8 Å². The van der Waals surface area contributed by atoms with Crippen molar-refractivity contribution in [3.05, 3.63) is 11.8 Å². The molecule has 1 rings (SSSR count). The number of allylic oxidation sites excluding steroid dienone is 2. The molecule has 0 saturated carbocycles. The van der Waals surface area contributed by atoms with Crippen LogP contribution in [-0.2, 0) is 9.53 Å². The van der Waals surface area contributed by atoms with Gasteiger partial charge in [0.2, 0.25) is 0 Å². The van der Waals surface area contributed by atoms with E-state index >= 15 is 0 Å². The van der Waals surface area contributed by atoms with Gasteiger partial charge < -0.3 is 4.74 Å². The number of rotatable bonds is 4. The van der Waals surface area contributed by atoms with Crippen LogP contribution >= 0.6 is 15.9 Å². The molecule has 0 aromatic rings. The fraction of sp³-hybridized carbons (Fsp3) is 0.727. The highest BCUT2D eigenvalue weighted by molar-refractivity contribution is 9.09. The van der Waals surface area contributed by atoms with Crippen molar-refractivity contribution < 1.29 is 9.53 Å². The molecule has 0 aromatic heterocycles. The van der Waals surface area contributed by atoms with E-state index in [2.05, 4.69) is 29.8 Å². The molecule has 14 heavy (non-hydrogen) atoms. The van der Waals surface area contributed by atoms with E-state index in [9.17, 15) is 4.79 Å². The van der Waals surface area contributed by atoms with E-state index in [1.54, 1.807) is 6.08 Å². The first kappa shape index (κ1) is 11.8. The zero-order chi connectivity index (χ0) is 10.6. The molecule has 0 fully saturated rings. The van der Waals surface area contributed by atoms with Gasteiger partial charge in [-0.15, -0.1) is 0 Å². The fourth-order valence-corrected chi connectivity index (χ4v) is 1.87. The van der Waals surface area contributed by atoms with Crippen molar-refractivity contribution >= 4 is 21.7 Å². The van der Waals surface area contributed by atoms with Gasteiger partial charge in [-0.1, -0.05) is 29.8 Å². The summed E-state index contributed by atoms with van der Waals surface area (Å²) in [5, 5.41) is 0.942. The Morgan fingerprint density at radius 1 is 1.50 bits per heavy atom. The van der Waals surface area contributed by atoms with Crippen LogP contribution in [0.1, 0.15) is 33.1 Å². The number of hydrogen-bond donors (Lipinski definition) is 0. The predicted octanol–water partition coefficient (Wildman–Crippen LogP) is 3.06. The van der Waals surface area contributed by atoms with Crippen LogP contribution in [-0.4, -0.2) is 17.7 Å². The Morgan fingerprint density at radius 3 is 2.79 bits per heavy atom. The molecule has 0 saturated heterocycles. The molecule has 0 spiro atoms. The second-order valence-corrected chi connectivity index (χ2v) is 5.28. The number of ketones is 1. The first-order valence-electron chi connectivity index (χ1n) is 4.96. The minimum Gasteiger partial charge on any atom is -0.498 e. The van der Waals surface area contributed by atoms with Gasteiger partial charge in [0.15, 0.2) is 5.78 Å². The summed E-state index contributed by atoms with van der Waals surface area (Å²) < 4.78 is 5.54. The maximum absolute atomic E-state index is 11.4. The summed E-state index contributed by atoms with van der Waals surface area (Å²) in [7, 11) is 0. The minimum absolute atomic E-state index is 0.0650. The molecule has 0 radical (unpaired) electrons. The van der Waals surface area contributed by atoms with Gasteiger partial charge in [0.05, 0.1) is 6.61 Å². The van der Waals surface area contributed by atoms with Crippen LogP contribution in [0.5, 0.6) is 0 Å². The summed E-state index contributed by atoms with van der Waals surface area (Å²) in [6.45, 7) is 4.90. The lowest BCUT2D eigenvalue weighted by atomic mass is 9.79. The maximum Gasteiger partial charge on any atom is 0.159 e. The van der Waals surface area contributed by atoms with Crippen molar-refractivity contribution in [2.75, 3.05) is 11.9 Å². The molecule has 1 aliphatic carbocycles. The second kappa shape index (κ2) is 4.96. The minimum atomic E-state index is 0.0650. The Balaban J connectivity index is 2.48. The monoisotopic (exact) mass is 260 g/mol. The van der Waals surface area contributed by atoms with Crippen LogP contribution in [0.2, 0.25) is 0 Å². The number of hydrogen-bond acceptors (Lipinski definition) is 2. The molecule has 0 atom stereocenters. The molecule has 2 nitrogen and oxygen atoms in total. The van der Waals surface area contributed by atoms with E-state index in [4.69, 9.17) is 4.74 Å². The summed E-state index contributed by atoms with van der Waals surface area (Å²) in [6, 6.07) is 0. The molecule has 0 unspecified atom stereocenters. The van der Waals surface area contributed by atoms with E-state index < -0.39 is 0 Å².